The van der Waals surface area contributed by atoms with Crippen LogP contribution in [0.1, 0.15) is 31.6 Å². The van der Waals surface area contributed by atoms with Crippen molar-refractivity contribution in [2.24, 2.45) is 0 Å². The highest BCUT2D eigenvalue weighted by Crippen LogP contribution is 2.35. The quantitative estimate of drug-likeness (QED) is 0.934. The normalized spacial score (nSPS) is 19.3. The van der Waals surface area contributed by atoms with Crippen molar-refractivity contribution in [3.8, 4) is 0 Å². The molecule has 0 bridgehead atoms. The maximum atomic E-state index is 4.71. The number of thiophene rings is 1. The molecule has 0 aromatic carbocycles. The van der Waals surface area contributed by atoms with Gasteiger partial charge in [0.1, 0.15) is 10.6 Å². The van der Waals surface area contributed by atoms with Gasteiger partial charge in [-0.05, 0) is 32.3 Å². The Morgan fingerprint density at radius 1 is 1.47 bits per heavy atom. The van der Waals surface area contributed by atoms with Crippen LogP contribution in [-0.2, 0) is 6.42 Å². The molecule has 3 heterocycles. The van der Waals surface area contributed by atoms with Crippen molar-refractivity contribution < 1.29 is 0 Å². The lowest BCUT2D eigenvalue weighted by molar-refractivity contribution is 0.729. The summed E-state index contributed by atoms with van der Waals surface area (Å²) in [4.78, 5) is 14.2. The number of rotatable bonds is 3. The fourth-order valence-corrected chi connectivity index (χ4v) is 3.67. The zero-order chi connectivity index (χ0) is 13.4. The molecule has 1 atom stereocenters. The molecular formula is C14H20N4S. The molecule has 2 aromatic heterocycles. The Kier molecular flexibility index (Phi) is 3.31. The van der Waals surface area contributed by atoms with Crippen LogP contribution in [0.2, 0.25) is 0 Å². The molecule has 3 rings (SSSR count). The Morgan fingerprint density at radius 3 is 2.95 bits per heavy atom. The lowest BCUT2D eigenvalue weighted by Gasteiger charge is -2.23. The molecule has 1 N–H and O–H groups in total. The Balaban J connectivity index is 2.17. The van der Waals surface area contributed by atoms with Crippen LogP contribution >= 0.6 is 11.3 Å². The first-order chi connectivity index (χ1) is 9.22. The van der Waals surface area contributed by atoms with Gasteiger partial charge in [0, 0.05) is 24.5 Å². The number of aryl methyl sites for hydroxylation is 1. The first-order valence-corrected chi connectivity index (χ1v) is 7.79. The van der Waals surface area contributed by atoms with E-state index in [1.54, 1.807) is 11.3 Å². The molecule has 102 valence electrons. The molecule has 4 nitrogen and oxygen atoms in total. The fourth-order valence-electron chi connectivity index (χ4n) is 2.71. The van der Waals surface area contributed by atoms with Gasteiger partial charge in [-0.2, -0.15) is 4.98 Å². The summed E-state index contributed by atoms with van der Waals surface area (Å²) in [6.07, 6.45) is 3.57. The molecule has 0 saturated carbocycles. The van der Waals surface area contributed by atoms with E-state index in [0.29, 0.717) is 6.04 Å². The molecule has 19 heavy (non-hydrogen) atoms. The summed E-state index contributed by atoms with van der Waals surface area (Å²) >= 11 is 1.78. The summed E-state index contributed by atoms with van der Waals surface area (Å²) < 4.78 is 0. The van der Waals surface area contributed by atoms with Crippen LogP contribution in [0.5, 0.6) is 0 Å². The summed E-state index contributed by atoms with van der Waals surface area (Å²) in [6, 6.07) is 2.84. The molecule has 0 spiro atoms. The monoisotopic (exact) mass is 276 g/mol. The van der Waals surface area contributed by atoms with Crippen molar-refractivity contribution in [2.45, 2.75) is 39.2 Å². The van der Waals surface area contributed by atoms with Gasteiger partial charge in [-0.25, -0.2) is 4.98 Å². The SMILES string of the molecule is CCc1cc2c(N3CCCC3C)nc(NC)nc2s1. The van der Waals surface area contributed by atoms with Crippen molar-refractivity contribution in [1.82, 2.24) is 9.97 Å². The summed E-state index contributed by atoms with van der Waals surface area (Å²) in [5.74, 6) is 1.83. The van der Waals surface area contributed by atoms with Crippen molar-refractivity contribution in [2.75, 3.05) is 23.8 Å². The molecular weight excluding hydrogens is 256 g/mol. The molecule has 0 amide bonds. The summed E-state index contributed by atoms with van der Waals surface area (Å²) in [5, 5.41) is 4.30. The molecule has 2 aromatic rings. The third-order valence-corrected chi connectivity index (χ3v) is 4.99. The van der Waals surface area contributed by atoms with Crippen molar-refractivity contribution in [1.29, 1.82) is 0 Å². The lowest BCUT2D eigenvalue weighted by Crippen LogP contribution is -2.27. The molecule has 0 radical (unpaired) electrons. The molecule has 0 aliphatic carbocycles. The highest BCUT2D eigenvalue weighted by atomic mass is 32.1. The van der Waals surface area contributed by atoms with E-state index in [1.165, 1.54) is 23.1 Å². The Labute approximate surface area is 117 Å². The maximum Gasteiger partial charge on any atom is 0.225 e. The molecule has 1 saturated heterocycles. The van der Waals surface area contributed by atoms with Gasteiger partial charge in [0.05, 0.1) is 5.39 Å². The highest BCUT2D eigenvalue weighted by Gasteiger charge is 2.24. The van der Waals surface area contributed by atoms with E-state index in [9.17, 15) is 0 Å². The van der Waals surface area contributed by atoms with Gasteiger partial charge in [0.15, 0.2) is 0 Å². The number of fused-ring (bicyclic) bond motifs is 1. The van der Waals surface area contributed by atoms with E-state index < -0.39 is 0 Å². The van der Waals surface area contributed by atoms with Gasteiger partial charge in [-0.1, -0.05) is 6.92 Å². The second kappa shape index (κ2) is 4.96. The Morgan fingerprint density at radius 2 is 2.32 bits per heavy atom. The fraction of sp³-hybridized carbons (Fsp3) is 0.571. The number of hydrogen-bond donors (Lipinski definition) is 1. The predicted octanol–water partition coefficient (Wildman–Crippen LogP) is 3.28. The first-order valence-electron chi connectivity index (χ1n) is 6.97. The average Bonchev–Trinajstić information content (AvgIpc) is 3.02. The Hall–Kier alpha value is -1.36. The second-order valence-corrected chi connectivity index (χ2v) is 6.21. The zero-order valence-electron chi connectivity index (χ0n) is 11.7. The topological polar surface area (TPSA) is 41.1 Å². The summed E-state index contributed by atoms with van der Waals surface area (Å²) in [5.41, 5.74) is 0. The van der Waals surface area contributed by atoms with Crippen molar-refractivity contribution in [3.63, 3.8) is 0 Å². The maximum absolute atomic E-state index is 4.71. The van der Waals surface area contributed by atoms with Gasteiger partial charge in [-0.15, -0.1) is 11.3 Å². The van der Waals surface area contributed by atoms with Crippen molar-refractivity contribution >= 4 is 33.3 Å². The smallest absolute Gasteiger partial charge is 0.225 e. The minimum Gasteiger partial charge on any atom is -0.357 e. The van der Waals surface area contributed by atoms with E-state index in [2.05, 4.69) is 35.1 Å². The van der Waals surface area contributed by atoms with E-state index in [1.807, 2.05) is 7.05 Å². The van der Waals surface area contributed by atoms with Gasteiger partial charge in [-0.3, -0.25) is 0 Å². The van der Waals surface area contributed by atoms with Crippen LogP contribution in [0.4, 0.5) is 11.8 Å². The number of aromatic nitrogens is 2. The van der Waals surface area contributed by atoms with Gasteiger partial charge >= 0.3 is 0 Å². The van der Waals surface area contributed by atoms with Crippen LogP contribution in [0.25, 0.3) is 10.2 Å². The Bertz CT molecular complexity index is 592. The van der Waals surface area contributed by atoms with Gasteiger partial charge in [0.25, 0.3) is 0 Å². The molecule has 1 aliphatic heterocycles. The predicted molar refractivity (Wildman–Crippen MR) is 82.4 cm³/mol. The molecule has 1 aliphatic rings. The molecule has 5 heteroatoms. The van der Waals surface area contributed by atoms with Crippen LogP contribution in [0.3, 0.4) is 0 Å². The largest absolute Gasteiger partial charge is 0.357 e. The van der Waals surface area contributed by atoms with Crippen molar-refractivity contribution in [3.05, 3.63) is 10.9 Å². The number of nitrogens with one attached hydrogen (secondary N) is 1. The van der Waals surface area contributed by atoms with E-state index in [4.69, 9.17) is 4.98 Å². The zero-order valence-corrected chi connectivity index (χ0v) is 12.5. The highest BCUT2D eigenvalue weighted by molar-refractivity contribution is 7.18. The van der Waals surface area contributed by atoms with E-state index in [-0.39, 0.29) is 0 Å². The van der Waals surface area contributed by atoms with Crippen LogP contribution in [0, 0.1) is 0 Å². The number of hydrogen-bond acceptors (Lipinski definition) is 5. The average molecular weight is 276 g/mol. The first kappa shape index (κ1) is 12.7. The van der Waals surface area contributed by atoms with Crippen LogP contribution in [-0.4, -0.2) is 29.6 Å². The van der Waals surface area contributed by atoms with Gasteiger partial charge in [0.2, 0.25) is 5.95 Å². The number of nitrogens with zero attached hydrogens (tertiary/aromatic N) is 3. The molecule has 1 fully saturated rings. The van der Waals surface area contributed by atoms with Crippen LogP contribution < -0.4 is 10.2 Å². The van der Waals surface area contributed by atoms with Crippen LogP contribution in [0.15, 0.2) is 6.07 Å². The van der Waals surface area contributed by atoms with Gasteiger partial charge < -0.3 is 10.2 Å². The summed E-state index contributed by atoms with van der Waals surface area (Å²) in [6.45, 7) is 5.58. The second-order valence-electron chi connectivity index (χ2n) is 5.09. The van der Waals surface area contributed by atoms with E-state index >= 15 is 0 Å². The summed E-state index contributed by atoms with van der Waals surface area (Å²) in [7, 11) is 1.88. The minimum atomic E-state index is 0.577. The third kappa shape index (κ3) is 2.16. The van der Waals surface area contributed by atoms with E-state index in [0.717, 1.165) is 29.6 Å². The number of anilines is 2. The standard InChI is InChI=1S/C14H20N4S/c1-4-10-8-11-12(18-7-5-6-9(18)2)16-14(15-3)17-13(11)19-10/h8-9H,4-7H2,1-3H3,(H,15,16,17). The lowest BCUT2D eigenvalue weighted by atomic mass is 10.2. The minimum absolute atomic E-state index is 0.577. The third-order valence-electron chi connectivity index (χ3n) is 3.82. The molecule has 1 unspecified atom stereocenters.